The van der Waals surface area contributed by atoms with Crippen LogP contribution in [0.15, 0.2) is 15.6 Å². The van der Waals surface area contributed by atoms with Crippen LogP contribution in [0.25, 0.3) is 0 Å². The highest BCUT2D eigenvalue weighted by atomic mass is 79.9. The quantitative estimate of drug-likeness (QED) is 0.798. The van der Waals surface area contributed by atoms with Gasteiger partial charge in [0.25, 0.3) is 5.56 Å². The summed E-state index contributed by atoms with van der Waals surface area (Å²) in [6.07, 6.45) is 3.86. The van der Waals surface area contributed by atoms with Crippen molar-refractivity contribution in [3.8, 4) is 0 Å². The van der Waals surface area contributed by atoms with Gasteiger partial charge < -0.3 is 4.74 Å². The first-order valence-corrected chi connectivity index (χ1v) is 5.83. The smallest absolute Gasteiger partial charge is 0.271 e. The molecule has 1 fully saturated rings. The molecule has 1 aliphatic carbocycles. The Morgan fingerprint density at radius 1 is 1.67 bits per heavy atom. The molecule has 0 unspecified atom stereocenters. The van der Waals surface area contributed by atoms with Gasteiger partial charge in [-0.25, -0.2) is 4.98 Å². The Morgan fingerprint density at radius 3 is 3.07 bits per heavy atom. The first kappa shape index (κ1) is 11.1. The van der Waals surface area contributed by atoms with Crippen molar-refractivity contribution in [3.05, 3.63) is 26.3 Å². The second-order valence-electron chi connectivity index (χ2n) is 3.57. The van der Waals surface area contributed by atoms with Crippen molar-refractivity contribution < 1.29 is 4.74 Å². The third kappa shape index (κ3) is 2.80. The molecule has 0 aromatic carbocycles. The molecule has 4 nitrogen and oxygen atoms in total. The van der Waals surface area contributed by atoms with Gasteiger partial charge in [0.05, 0.1) is 6.61 Å². The second-order valence-corrected chi connectivity index (χ2v) is 4.72. The van der Waals surface area contributed by atoms with Crippen LogP contribution in [-0.2, 0) is 11.5 Å². The normalized spacial score (nSPS) is 15.6. The Hall–Kier alpha value is -0.390. The van der Waals surface area contributed by atoms with Crippen LogP contribution >= 0.6 is 27.5 Å². The topological polar surface area (TPSA) is 44.1 Å². The van der Waals surface area contributed by atoms with Gasteiger partial charge >= 0.3 is 0 Å². The molecule has 15 heavy (non-hydrogen) atoms. The minimum Gasteiger partial charge on any atom is -0.360 e. The van der Waals surface area contributed by atoms with Crippen LogP contribution in [0.2, 0.25) is 5.15 Å². The standard InChI is InChI=1S/C9H10BrClN2O2/c10-7-8(11)12-4-13(9(7)14)5-15-3-6-1-2-6/h4,6H,1-3,5H2. The monoisotopic (exact) mass is 292 g/mol. The summed E-state index contributed by atoms with van der Waals surface area (Å²) in [5.41, 5.74) is -0.217. The molecule has 1 heterocycles. The Morgan fingerprint density at radius 2 is 2.40 bits per heavy atom. The molecule has 2 rings (SSSR count). The van der Waals surface area contributed by atoms with E-state index in [0.717, 1.165) is 0 Å². The highest BCUT2D eigenvalue weighted by molar-refractivity contribution is 9.10. The summed E-state index contributed by atoms with van der Waals surface area (Å²) in [4.78, 5) is 15.4. The maximum absolute atomic E-state index is 11.6. The van der Waals surface area contributed by atoms with E-state index in [4.69, 9.17) is 16.3 Å². The Labute approximate surface area is 100 Å². The molecular weight excluding hydrogens is 283 g/mol. The molecule has 82 valence electrons. The molecule has 0 radical (unpaired) electrons. The zero-order valence-electron chi connectivity index (χ0n) is 7.95. The fourth-order valence-corrected chi connectivity index (χ4v) is 1.59. The lowest BCUT2D eigenvalue weighted by Gasteiger charge is -2.06. The van der Waals surface area contributed by atoms with E-state index in [9.17, 15) is 4.79 Å². The van der Waals surface area contributed by atoms with Gasteiger partial charge in [-0.2, -0.15) is 0 Å². The lowest BCUT2D eigenvalue weighted by atomic mass is 10.5. The maximum Gasteiger partial charge on any atom is 0.271 e. The fraction of sp³-hybridized carbons (Fsp3) is 0.556. The molecule has 1 saturated carbocycles. The predicted molar refractivity (Wildman–Crippen MR) is 59.9 cm³/mol. The van der Waals surface area contributed by atoms with Crippen molar-refractivity contribution in [2.24, 2.45) is 5.92 Å². The van der Waals surface area contributed by atoms with Crippen LogP contribution in [0.1, 0.15) is 12.8 Å². The first-order valence-electron chi connectivity index (χ1n) is 4.66. The summed E-state index contributed by atoms with van der Waals surface area (Å²) in [7, 11) is 0. The van der Waals surface area contributed by atoms with E-state index in [2.05, 4.69) is 20.9 Å². The van der Waals surface area contributed by atoms with Gasteiger partial charge in [0.1, 0.15) is 17.5 Å². The summed E-state index contributed by atoms with van der Waals surface area (Å²) in [5.74, 6) is 0.685. The first-order chi connectivity index (χ1) is 7.18. The second kappa shape index (κ2) is 4.63. The van der Waals surface area contributed by atoms with Crippen LogP contribution in [0.5, 0.6) is 0 Å². The Bertz CT molecular complexity index is 417. The molecule has 0 aliphatic heterocycles. The van der Waals surface area contributed by atoms with Gasteiger partial charge in [-0.05, 0) is 34.7 Å². The van der Waals surface area contributed by atoms with E-state index in [0.29, 0.717) is 12.5 Å². The molecule has 0 bridgehead atoms. The van der Waals surface area contributed by atoms with Crippen LogP contribution < -0.4 is 5.56 Å². The molecule has 0 spiro atoms. The van der Waals surface area contributed by atoms with Crippen LogP contribution in [0.4, 0.5) is 0 Å². The van der Waals surface area contributed by atoms with Crippen molar-refractivity contribution in [3.63, 3.8) is 0 Å². The molecule has 0 atom stereocenters. The van der Waals surface area contributed by atoms with E-state index < -0.39 is 0 Å². The van der Waals surface area contributed by atoms with E-state index >= 15 is 0 Å². The number of hydrogen-bond acceptors (Lipinski definition) is 3. The maximum atomic E-state index is 11.6. The average Bonchev–Trinajstić information content (AvgIpc) is 3.02. The van der Waals surface area contributed by atoms with Gasteiger partial charge in [0, 0.05) is 0 Å². The third-order valence-electron chi connectivity index (χ3n) is 2.22. The average molecular weight is 294 g/mol. The molecule has 0 amide bonds. The zero-order chi connectivity index (χ0) is 10.8. The van der Waals surface area contributed by atoms with Crippen molar-refractivity contribution >= 4 is 27.5 Å². The molecule has 0 saturated heterocycles. The lowest BCUT2D eigenvalue weighted by Crippen LogP contribution is -2.23. The SMILES string of the molecule is O=c1c(Br)c(Cl)ncn1COCC1CC1. The third-order valence-corrected chi connectivity index (χ3v) is 3.45. The van der Waals surface area contributed by atoms with Crippen molar-refractivity contribution in [1.82, 2.24) is 9.55 Å². The molecule has 1 aromatic rings. The zero-order valence-corrected chi connectivity index (χ0v) is 10.3. The number of rotatable bonds is 4. The summed E-state index contributed by atoms with van der Waals surface area (Å²) in [6, 6.07) is 0. The van der Waals surface area contributed by atoms with Crippen LogP contribution in [0.3, 0.4) is 0 Å². The summed E-state index contributed by atoms with van der Waals surface area (Å²) in [5, 5.41) is 0.179. The largest absolute Gasteiger partial charge is 0.360 e. The van der Waals surface area contributed by atoms with E-state index in [1.807, 2.05) is 0 Å². The van der Waals surface area contributed by atoms with Gasteiger partial charge in [0.2, 0.25) is 0 Å². The van der Waals surface area contributed by atoms with Gasteiger partial charge in [-0.3, -0.25) is 9.36 Å². The van der Waals surface area contributed by atoms with E-state index in [1.165, 1.54) is 23.7 Å². The van der Waals surface area contributed by atoms with Gasteiger partial charge in [-0.1, -0.05) is 11.6 Å². The number of nitrogens with zero attached hydrogens (tertiary/aromatic N) is 2. The predicted octanol–water partition coefficient (Wildman–Crippen LogP) is 2.04. The number of hydrogen-bond donors (Lipinski definition) is 0. The number of aromatic nitrogens is 2. The Balaban J connectivity index is 2.00. The summed E-state index contributed by atoms with van der Waals surface area (Å²) >= 11 is 8.75. The number of ether oxygens (including phenoxy) is 1. The van der Waals surface area contributed by atoms with Crippen molar-refractivity contribution in [2.45, 2.75) is 19.6 Å². The summed E-state index contributed by atoms with van der Waals surface area (Å²) in [6.45, 7) is 0.949. The van der Waals surface area contributed by atoms with Crippen LogP contribution in [-0.4, -0.2) is 16.2 Å². The molecule has 6 heteroatoms. The molecule has 1 aliphatic rings. The van der Waals surface area contributed by atoms with Gasteiger partial charge in [0.15, 0.2) is 5.15 Å². The minimum absolute atomic E-state index is 0.179. The molecule has 1 aromatic heterocycles. The molecular formula is C9H10BrClN2O2. The summed E-state index contributed by atoms with van der Waals surface area (Å²) < 4.78 is 7.04. The van der Waals surface area contributed by atoms with Crippen LogP contribution in [0, 0.1) is 5.92 Å². The highest BCUT2D eigenvalue weighted by Crippen LogP contribution is 2.28. The van der Waals surface area contributed by atoms with Crippen molar-refractivity contribution in [1.29, 1.82) is 0 Å². The van der Waals surface area contributed by atoms with E-state index in [1.54, 1.807) is 0 Å². The lowest BCUT2D eigenvalue weighted by molar-refractivity contribution is 0.0659. The number of halogens is 2. The van der Waals surface area contributed by atoms with Gasteiger partial charge in [-0.15, -0.1) is 0 Å². The fourth-order valence-electron chi connectivity index (χ4n) is 1.14. The minimum atomic E-state index is -0.217. The molecule has 0 N–H and O–H groups in total. The van der Waals surface area contributed by atoms with E-state index in [-0.39, 0.29) is 21.9 Å². The highest BCUT2D eigenvalue weighted by Gasteiger charge is 2.21. The Kier molecular flexibility index (Phi) is 3.43. The van der Waals surface area contributed by atoms with Crippen molar-refractivity contribution in [2.75, 3.05) is 6.61 Å².